The summed E-state index contributed by atoms with van der Waals surface area (Å²) in [6.07, 6.45) is 3.96. The van der Waals surface area contributed by atoms with Crippen molar-refractivity contribution in [3.8, 4) is 0 Å². The average molecular weight is 305 g/mol. The number of rotatable bonds is 7. The molecular formula is C15H19N3O2S. The van der Waals surface area contributed by atoms with Crippen molar-refractivity contribution in [2.75, 3.05) is 18.6 Å². The van der Waals surface area contributed by atoms with Crippen molar-refractivity contribution in [2.24, 2.45) is 5.73 Å². The minimum absolute atomic E-state index is 0.231. The van der Waals surface area contributed by atoms with Crippen molar-refractivity contribution < 1.29 is 9.21 Å². The van der Waals surface area contributed by atoms with Gasteiger partial charge in [-0.3, -0.25) is 4.79 Å². The molecule has 21 heavy (non-hydrogen) atoms. The second-order valence-corrected chi connectivity index (χ2v) is 5.60. The van der Waals surface area contributed by atoms with E-state index >= 15 is 0 Å². The number of amides is 1. The fraction of sp³-hybridized carbons (Fsp3) is 0.333. The van der Waals surface area contributed by atoms with E-state index in [0.29, 0.717) is 18.9 Å². The summed E-state index contributed by atoms with van der Waals surface area (Å²) in [6.45, 7) is 0.609. The third-order valence-corrected chi connectivity index (χ3v) is 3.57. The number of carbonyl (C=O) groups is 1. The number of benzene rings is 1. The summed E-state index contributed by atoms with van der Waals surface area (Å²) in [5.74, 6) is 1.02. The van der Waals surface area contributed by atoms with Crippen LogP contribution in [0.2, 0.25) is 0 Å². The number of hydrogen-bond acceptors (Lipinski definition) is 5. The Morgan fingerprint density at radius 1 is 1.43 bits per heavy atom. The van der Waals surface area contributed by atoms with Crippen molar-refractivity contribution in [3.05, 3.63) is 53.7 Å². The number of thioether (sulfide) groups is 1. The number of hydrogen-bond donors (Lipinski definition) is 2. The van der Waals surface area contributed by atoms with Gasteiger partial charge in [-0.2, -0.15) is 11.8 Å². The van der Waals surface area contributed by atoms with Gasteiger partial charge < -0.3 is 15.5 Å². The molecule has 0 saturated heterocycles. The smallest absolute Gasteiger partial charge is 0.273 e. The Kier molecular flexibility index (Phi) is 5.83. The van der Waals surface area contributed by atoms with Crippen LogP contribution in [0.4, 0.5) is 0 Å². The molecule has 1 amide bonds. The minimum Gasteiger partial charge on any atom is -0.446 e. The van der Waals surface area contributed by atoms with E-state index in [0.717, 1.165) is 11.3 Å². The molecule has 6 heteroatoms. The zero-order valence-electron chi connectivity index (χ0n) is 11.9. The molecule has 2 rings (SSSR count). The summed E-state index contributed by atoms with van der Waals surface area (Å²) in [4.78, 5) is 16.0. The largest absolute Gasteiger partial charge is 0.446 e. The van der Waals surface area contributed by atoms with E-state index in [1.807, 2.05) is 36.6 Å². The molecule has 0 spiro atoms. The van der Waals surface area contributed by atoms with Gasteiger partial charge in [0.15, 0.2) is 5.69 Å². The molecule has 2 aromatic rings. The van der Waals surface area contributed by atoms with Gasteiger partial charge in [0.2, 0.25) is 5.89 Å². The highest BCUT2D eigenvalue weighted by Crippen LogP contribution is 2.15. The molecule has 3 N–H and O–H groups in total. The lowest BCUT2D eigenvalue weighted by Gasteiger charge is -2.07. The molecule has 0 aliphatic heterocycles. The molecule has 1 aromatic carbocycles. The van der Waals surface area contributed by atoms with Crippen LogP contribution in [0.1, 0.15) is 28.0 Å². The van der Waals surface area contributed by atoms with Gasteiger partial charge >= 0.3 is 0 Å². The van der Waals surface area contributed by atoms with Crippen LogP contribution in [0.5, 0.6) is 0 Å². The van der Waals surface area contributed by atoms with E-state index in [9.17, 15) is 4.79 Å². The number of nitrogens with zero attached hydrogens (tertiary/aromatic N) is 1. The van der Waals surface area contributed by atoms with Crippen molar-refractivity contribution in [2.45, 2.75) is 12.5 Å². The summed E-state index contributed by atoms with van der Waals surface area (Å²) in [6, 6.07) is 9.51. The Balaban J connectivity index is 1.94. The van der Waals surface area contributed by atoms with E-state index in [-0.39, 0.29) is 17.6 Å². The fourth-order valence-electron chi connectivity index (χ4n) is 1.87. The van der Waals surface area contributed by atoms with Crippen LogP contribution < -0.4 is 11.1 Å². The van der Waals surface area contributed by atoms with Crippen LogP contribution in [0.25, 0.3) is 0 Å². The minimum atomic E-state index is -0.361. The quantitative estimate of drug-likeness (QED) is 0.765. The highest BCUT2D eigenvalue weighted by atomic mass is 32.2. The number of nitrogens with one attached hydrogen (secondary N) is 1. The highest BCUT2D eigenvalue weighted by Gasteiger charge is 2.17. The molecule has 1 heterocycles. The maximum Gasteiger partial charge on any atom is 0.273 e. The first-order valence-electron chi connectivity index (χ1n) is 6.72. The standard InChI is InChI=1S/C15H19N3O2S/c1-21-8-7-17-14(19)13-10-20-15(18-13)12(16)9-11-5-3-2-4-6-11/h2-6,10,12H,7-9,16H2,1H3,(H,17,19). The topological polar surface area (TPSA) is 81.2 Å². The molecule has 0 fully saturated rings. The molecule has 1 atom stereocenters. The Bertz CT molecular complexity index is 571. The van der Waals surface area contributed by atoms with E-state index in [4.69, 9.17) is 10.2 Å². The van der Waals surface area contributed by atoms with Gasteiger partial charge in [0.25, 0.3) is 5.91 Å². The summed E-state index contributed by atoms with van der Waals surface area (Å²) in [7, 11) is 0. The summed E-state index contributed by atoms with van der Waals surface area (Å²) in [5.41, 5.74) is 7.45. The van der Waals surface area contributed by atoms with Crippen molar-refractivity contribution in [3.63, 3.8) is 0 Å². The van der Waals surface area contributed by atoms with Crippen LogP contribution in [0.15, 0.2) is 41.0 Å². The third-order valence-electron chi connectivity index (χ3n) is 2.96. The van der Waals surface area contributed by atoms with E-state index in [1.165, 1.54) is 6.26 Å². The predicted molar refractivity (Wildman–Crippen MR) is 84.3 cm³/mol. The molecule has 0 saturated carbocycles. The lowest BCUT2D eigenvalue weighted by molar-refractivity contribution is 0.0951. The van der Waals surface area contributed by atoms with E-state index in [1.54, 1.807) is 11.8 Å². The molecule has 0 aliphatic carbocycles. The fourth-order valence-corrected chi connectivity index (χ4v) is 2.18. The van der Waals surface area contributed by atoms with Gasteiger partial charge in [-0.05, 0) is 18.2 Å². The number of nitrogens with two attached hydrogens (primary N) is 1. The van der Waals surface area contributed by atoms with Crippen LogP contribution in [-0.2, 0) is 6.42 Å². The Hall–Kier alpha value is -1.79. The molecule has 0 aliphatic rings. The molecule has 5 nitrogen and oxygen atoms in total. The van der Waals surface area contributed by atoms with Crippen molar-refractivity contribution in [1.82, 2.24) is 10.3 Å². The lowest BCUT2D eigenvalue weighted by atomic mass is 10.1. The van der Waals surface area contributed by atoms with Gasteiger partial charge in [0, 0.05) is 12.3 Å². The molecule has 1 unspecified atom stereocenters. The zero-order valence-corrected chi connectivity index (χ0v) is 12.7. The van der Waals surface area contributed by atoms with Gasteiger partial charge in [0.05, 0.1) is 6.04 Å². The summed E-state index contributed by atoms with van der Waals surface area (Å²) in [5, 5.41) is 2.78. The van der Waals surface area contributed by atoms with Crippen molar-refractivity contribution in [1.29, 1.82) is 0 Å². The van der Waals surface area contributed by atoms with Gasteiger partial charge in [-0.15, -0.1) is 0 Å². The molecule has 112 valence electrons. The van der Waals surface area contributed by atoms with Crippen LogP contribution >= 0.6 is 11.8 Å². The predicted octanol–water partition coefficient (Wildman–Crippen LogP) is 2.01. The second kappa shape index (κ2) is 7.85. The maximum absolute atomic E-state index is 11.8. The second-order valence-electron chi connectivity index (χ2n) is 4.62. The Morgan fingerprint density at radius 2 is 2.19 bits per heavy atom. The zero-order chi connectivity index (χ0) is 15.1. The van der Waals surface area contributed by atoms with Gasteiger partial charge in [0.1, 0.15) is 6.26 Å². The maximum atomic E-state index is 11.8. The summed E-state index contributed by atoms with van der Waals surface area (Å²) < 4.78 is 5.32. The van der Waals surface area contributed by atoms with Crippen LogP contribution in [0, 0.1) is 0 Å². The molecular weight excluding hydrogens is 286 g/mol. The molecule has 0 bridgehead atoms. The third kappa shape index (κ3) is 4.61. The lowest BCUT2D eigenvalue weighted by Crippen LogP contribution is -2.26. The monoisotopic (exact) mass is 305 g/mol. The summed E-state index contributed by atoms with van der Waals surface area (Å²) >= 11 is 1.67. The first kappa shape index (κ1) is 15.6. The van der Waals surface area contributed by atoms with E-state index in [2.05, 4.69) is 10.3 Å². The van der Waals surface area contributed by atoms with Crippen LogP contribution in [-0.4, -0.2) is 29.4 Å². The Labute approximate surface area is 128 Å². The number of oxazole rings is 1. The first-order valence-corrected chi connectivity index (χ1v) is 8.12. The van der Waals surface area contributed by atoms with Gasteiger partial charge in [-0.1, -0.05) is 30.3 Å². The van der Waals surface area contributed by atoms with Crippen molar-refractivity contribution >= 4 is 17.7 Å². The van der Waals surface area contributed by atoms with Gasteiger partial charge in [-0.25, -0.2) is 4.98 Å². The normalized spacial score (nSPS) is 12.1. The Morgan fingerprint density at radius 3 is 2.90 bits per heavy atom. The van der Waals surface area contributed by atoms with Crippen LogP contribution in [0.3, 0.4) is 0 Å². The molecule has 0 radical (unpaired) electrons. The SMILES string of the molecule is CSCCNC(=O)c1coc(C(N)Cc2ccccc2)n1. The first-order chi connectivity index (χ1) is 10.2. The average Bonchev–Trinajstić information content (AvgIpc) is 2.98. The van der Waals surface area contributed by atoms with E-state index < -0.39 is 0 Å². The highest BCUT2D eigenvalue weighted by molar-refractivity contribution is 7.98. The number of carbonyl (C=O) groups excluding carboxylic acids is 1. The molecule has 1 aromatic heterocycles. The number of aromatic nitrogens is 1.